The van der Waals surface area contributed by atoms with Gasteiger partial charge in [0, 0.05) is 13.0 Å². The first-order valence-electron chi connectivity index (χ1n) is 12.2. The Hall–Kier alpha value is -3.09. The second-order valence-electron chi connectivity index (χ2n) is 9.90. The Labute approximate surface area is 211 Å². The van der Waals surface area contributed by atoms with E-state index in [1.165, 1.54) is 17.7 Å². The van der Waals surface area contributed by atoms with E-state index in [1.807, 2.05) is 4.72 Å². The van der Waals surface area contributed by atoms with Crippen LogP contribution < -0.4 is 14.8 Å². The fraction of sp³-hybridized carbons (Fsp3) is 0.542. The minimum Gasteiger partial charge on any atom is -0.484 e. The van der Waals surface area contributed by atoms with Crippen molar-refractivity contribution in [2.75, 3.05) is 12.4 Å². The van der Waals surface area contributed by atoms with E-state index in [2.05, 4.69) is 10.4 Å². The molecular formula is C24H27F3N4O5S. The van der Waals surface area contributed by atoms with Gasteiger partial charge in [0.15, 0.2) is 6.61 Å². The van der Waals surface area contributed by atoms with Gasteiger partial charge in [-0.25, -0.2) is 13.1 Å². The maximum Gasteiger partial charge on any atom is 0.422 e. The van der Waals surface area contributed by atoms with Gasteiger partial charge in [-0.2, -0.15) is 18.3 Å². The number of nitrogens with one attached hydrogen (secondary N) is 2. The monoisotopic (exact) mass is 540 g/mol. The Morgan fingerprint density at radius 2 is 2.08 bits per heavy atom. The Morgan fingerprint density at radius 3 is 2.76 bits per heavy atom. The number of hydrogen-bond acceptors (Lipinski definition) is 6. The molecule has 1 spiro atoms. The number of aryl methyl sites for hydroxylation is 2. The van der Waals surface area contributed by atoms with Gasteiger partial charge in [-0.05, 0) is 55.4 Å². The molecule has 5 rings (SSSR count). The van der Waals surface area contributed by atoms with Crippen LogP contribution in [0.15, 0.2) is 18.2 Å². The number of benzene rings is 1. The second kappa shape index (κ2) is 9.03. The van der Waals surface area contributed by atoms with Crippen molar-refractivity contribution in [1.29, 1.82) is 0 Å². The fourth-order valence-electron chi connectivity index (χ4n) is 5.14. The molecule has 2 aliphatic carbocycles. The number of hydrogen-bond donors (Lipinski definition) is 2. The van der Waals surface area contributed by atoms with E-state index in [0.717, 1.165) is 30.4 Å². The highest BCUT2D eigenvalue weighted by Gasteiger charge is 2.47. The normalized spacial score (nSPS) is 20.9. The zero-order valence-corrected chi connectivity index (χ0v) is 21.0. The molecule has 2 amide bonds. The number of halogens is 3. The number of alkyl halides is 3. The van der Waals surface area contributed by atoms with Gasteiger partial charge in [-0.1, -0.05) is 18.9 Å². The summed E-state index contributed by atoms with van der Waals surface area (Å²) in [7, 11) is -3.86. The Balaban J connectivity index is 1.46. The standard InChI is InChI=1S/C24H27F3N4O5S/c1-2-37(34,35)30-22(33)20-19-18(29-31(20)10-8-14-3-4-14)12-23(28-21(19)32)9-7-15-11-16(5-6-17(15)23)36-13-24(25,26)27/h5-6,11,14H,2-4,7-10,12-13H2,1H3,(H,28,32)(H,30,33)/t23-/m0/s1. The summed E-state index contributed by atoms with van der Waals surface area (Å²) in [5.41, 5.74) is 1.07. The lowest BCUT2D eigenvalue weighted by atomic mass is 9.82. The minimum atomic E-state index is -4.45. The van der Waals surface area contributed by atoms with Crippen LogP contribution >= 0.6 is 0 Å². The van der Waals surface area contributed by atoms with Crippen molar-refractivity contribution in [1.82, 2.24) is 19.8 Å². The average molecular weight is 541 g/mol. The summed E-state index contributed by atoms with van der Waals surface area (Å²) in [4.78, 5) is 26.5. The van der Waals surface area contributed by atoms with Crippen LogP contribution in [0.25, 0.3) is 0 Å². The first kappa shape index (κ1) is 25.6. The van der Waals surface area contributed by atoms with Crippen molar-refractivity contribution >= 4 is 21.8 Å². The summed E-state index contributed by atoms with van der Waals surface area (Å²) in [6, 6.07) is 4.66. The summed E-state index contributed by atoms with van der Waals surface area (Å²) in [5, 5.41) is 7.59. The van der Waals surface area contributed by atoms with Crippen molar-refractivity contribution in [3.63, 3.8) is 0 Å². The van der Waals surface area contributed by atoms with E-state index < -0.39 is 40.2 Å². The smallest absolute Gasteiger partial charge is 0.422 e. The molecule has 1 aromatic carbocycles. The molecule has 0 saturated heterocycles. The molecule has 1 saturated carbocycles. The van der Waals surface area contributed by atoms with Crippen molar-refractivity contribution < 1.29 is 35.9 Å². The maximum absolute atomic E-state index is 13.4. The highest BCUT2D eigenvalue weighted by molar-refractivity contribution is 7.90. The lowest BCUT2D eigenvalue weighted by molar-refractivity contribution is -0.153. The highest BCUT2D eigenvalue weighted by Crippen LogP contribution is 2.44. The first-order valence-corrected chi connectivity index (χ1v) is 13.8. The number of ether oxygens (including phenoxy) is 1. The van der Waals surface area contributed by atoms with E-state index in [-0.39, 0.29) is 29.2 Å². The Bertz CT molecular complexity index is 1370. The molecule has 1 aromatic heterocycles. The van der Waals surface area contributed by atoms with Gasteiger partial charge in [0.1, 0.15) is 11.4 Å². The van der Waals surface area contributed by atoms with Gasteiger partial charge in [0.2, 0.25) is 10.0 Å². The Kier molecular flexibility index (Phi) is 6.24. The molecule has 1 atom stereocenters. The molecule has 0 bridgehead atoms. The molecule has 2 heterocycles. The maximum atomic E-state index is 13.4. The molecule has 13 heteroatoms. The number of rotatable bonds is 8. The van der Waals surface area contributed by atoms with E-state index in [9.17, 15) is 31.2 Å². The molecular weight excluding hydrogens is 513 g/mol. The summed E-state index contributed by atoms with van der Waals surface area (Å²) in [5.74, 6) is -1.11. The third-order valence-corrected chi connectivity index (χ3v) is 8.44. The molecule has 1 fully saturated rings. The van der Waals surface area contributed by atoms with E-state index in [1.54, 1.807) is 12.1 Å². The van der Waals surface area contributed by atoms with Crippen LogP contribution in [0.1, 0.15) is 70.3 Å². The van der Waals surface area contributed by atoms with Crippen LogP contribution in [-0.2, 0) is 34.9 Å². The predicted octanol–water partition coefficient (Wildman–Crippen LogP) is 2.83. The SMILES string of the molecule is CCS(=O)(=O)NC(=O)c1c2c(nn1CCC1CC1)C[C@]1(CCc3cc(OCC(F)(F)F)ccc31)NC2=O. The van der Waals surface area contributed by atoms with Gasteiger partial charge in [0.05, 0.1) is 22.5 Å². The minimum absolute atomic E-state index is 0.0591. The zero-order valence-electron chi connectivity index (χ0n) is 20.2. The number of carbonyl (C=O) groups excluding carboxylic acids is 2. The average Bonchev–Trinajstić information content (AvgIpc) is 3.49. The summed E-state index contributed by atoms with van der Waals surface area (Å²) in [6.07, 6.45) is -0.245. The summed E-state index contributed by atoms with van der Waals surface area (Å²) in [6.45, 7) is 0.389. The van der Waals surface area contributed by atoms with Crippen LogP contribution in [0.3, 0.4) is 0 Å². The van der Waals surface area contributed by atoms with Gasteiger partial charge >= 0.3 is 6.18 Å². The zero-order chi connectivity index (χ0) is 26.6. The number of fused-ring (bicyclic) bond motifs is 3. The lowest BCUT2D eigenvalue weighted by Gasteiger charge is -2.35. The number of aromatic nitrogens is 2. The molecule has 1 aliphatic heterocycles. The van der Waals surface area contributed by atoms with E-state index in [0.29, 0.717) is 31.0 Å². The van der Waals surface area contributed by atoms with Gasteiger partial charge in [-0.3, -0.25) is 14.3 Å². The number of carbonyl (C=O) groups is 2. The van der Waals surface area contributed by atoms with Crippen molar-refractivity contribution in [3.8, 4) is 5.75 Å². The topological polar surface area (TPSA) is 119 Å². The molecule has 200 valence electrons. The van der Waals surface area contributed by atoms with Gasteiger partial charge < -0.3 is 10.1 Å². The molecule has 9 nitrogen and oxygen atoms in total. The van der Waals surface area contributed by atoms with Crippen molar-refractivity contribution in [2.45, 2.75) is 63.7 Å². The quantitative estimate of drug-likeness (QED) is 0.532. The highest BCUT2D eigenvalue weighted by atomic mass is 32.2. The second-order valence-corrected chi connectivity index (χ2v) is 11.9. The number of sulfonamides is 1. The Morgan fingerprint density at radius 1 is 1.32 bits per heavy atom. The van der Waals surface area contributed by atoms with E-state index in [4.69, 9.17) is 4.74 Å². The fourth-order valence-corrected chi connectivity index (χ4v) is 5.67. The van der Waals surface area contributed by atoms with Crippen LogP contribution in [0, 0.1) is 5.92 Å². The van der Waals surface area contributed by atoms with E-state index >= 15 is 0 Å². The summed E-state index contributed by atoms with van der Waals surface area (Å²) < 4.78 is 70.1. The van der Waals surface area contributed by atoms with Crippen LogP contribution in [-0.4, -0.2) is 48.5 Å². The summed E-state index contributed by atoms with van der Waals surface area (Å²) >= 11 is 0. The van der Waals surface area contributed by atoms with Crippen LogP contribution in [0.5, 0.6) is 5.75 Å². The number of amides is 2. The van der Waals surface area contributed by atoms with Crippen molar-refractivity contribution in [2.24, 2.45) is 5.92 Å². The van der Waals surface area contributed by atoms with Gasteiger partial charge in [0.25, 0.3) is 11.8 Å². The third kappa shape index (κ3) is 5.18. The van der Waals surface area contributed by atoms with Gasteiger partial charge in [-0.15, -0.1) is 0 Å². The molecule has 2 N–H and O–H groups in total. The molecule has 37 heavy (non-hydrogen) atoms. The van der Waals surface area contributed by atoms with Crippen molar-refractivity contribution in [3.05, 3.63) is 46.3 Å². The van der Waals surface area contributed by atoms with Crippen LogP contribution in [0.4, 0.5) is 13.2 Å². The molecule has 3 aliphatic rings. The largest absolute Gasteiger partial charge is 0.484 e. The number of nitrogens with zero attached hydrogens (tertiary/aromatic N) is 2. The molecule has 0 unspecified atom stereocenters. The third-order valence-electron chi connectivity index (χ3n) is 7.18. The molecule has 0 radical (unpaired) electrons. The lowest BCUT2D eigenvalue weighted by Crippen LogP contribution is -2.50. The van der Waals surface area contributed by atoms with Crippen LogP contribution in [0.2, 0.25) is 0 Å². The molecule has 2 aromatic rings. The first-order chi connectivity index (χ1) is 17.4. The predicted molar refractivity (Wildman–Crippen MR) is 126 cm³/mol.